The predicted octanol–water partition coefficient (Wildman–Crippen LogP) is 2.21. The molecule has 8 heteroatoms. The van der Waals surface area contributed by atoms with Gasteiger partial charge in [-0.15, -0.1) is 0 Å². The molecule has 170 valence electrons. The van der Waals surface area contributed by atoms with Crippen LogP contribution in [-0.4, -0.2) is 65.7 Å². The fourth-order valence-corrected chi connectivity index (χ4v) is 5.36. The normalized spacial score (nSPS) is 28.2. The van der Waals surface area contributed by atoms with Gasteiger partial charge in [0.2, 0.25) is 5.95 Å². The summed E-state index contributed by atoms with van der Waals surface area (Å²) in [6.45, 7) is 2.04. The summed E-state index contributed by atoms with van der Waals surface area (Å²) in [5, 5.41) is 24.0. The summed E-state index contributed by atoms with van der Waals surface area (Å²) in [6, 6.07) is 12.7. The number of benzene rings is 1. The van der Waals surface area contributed by atoms with Crippen molar-refractivity contribution in [2.75, 3.05) is 38.8 Å². The highest BCUT2D eigenvalue weighted by molar-refractivity contribution is 5.38. The monoisotopic (exact) mass is 436 g/mol. The van der Waals surface area contributed by atoms with Crippen LogP contribution in [0.25, 0.3) is 0 Å². The number of aliphatic hydroxyl groups excluding tert-OH is 1. The Bertz CT molecular complexity index is 922. The van der Waals surface area contributed by atoms with E-state index in [0.29, 0.717) is 24.7 Å². The van der Waals surface area contributed by atoms with E-state index in [1.54, 1.807) is 7.11 Å². The van der Waals surface area contributed by atoms with Gasteiger partial charge in [0.05, 0.1) is 18.0 Å². The van der Waals surface area contributed by atoms with E-state index in [4.69, 9.17) is 10.00 Å². The average Bonchev–Trinajstić information content (AvgIpc) is 3.12. The minimum Gasteiger partial charge on any atom is -0.385 e. The van der Waals surface area contributed by atoms with Crippen LogP contribution in [0.2, 0.25) is 0 Å². The van der Waals surface area contributed by atoms with Crippen LogP contribution >= 0.6 is 0 Å². The molecule has 0 radical (unpaired) electrons. The number of nitriles is 1. The van der Waals surface area contributed by atoms with Crippen LogP contribution in [0.15, 0.2) is 42.7 Å². The summed E-state index contributed by atoms with van der Waals surface area (Å²) in [5.74, 6) is 0.457. The Morgan fingerprint density at radius 3 is 2.47 bits per heavy atom. The molecule has 1 aromatic carbocycles. The van der Waals surface area contributed by atoms with Gasteiger partial charge in [-0.1, -0.05) is 30.3 Å². The van der Waals surface area contributed by atoms with Gasteiger partial charge < -0.3 is 20.1 Å². The van der Waals surface area contributed by atoms with Crippen LogP contribution in [0.3, 0.4) is 0 Å². The van der Waals surface area contributed by atoms with E-state index in [1.807, 2.05) is 18.0 Å². The van der Waals surface area contributed by atoms with E-state index in [2.05, 4.69) is 50.5 Å². The van der Waals surface area contributed by atoms with E-state index in [-0.39, 0.29) is 11.1 Å². The molecule has 2 aliphatic rings. The molecular formula is C24H32N6O2. The van der Waals surface area contributed by atoms with Gasteiger partial charge in [-0.25, -0.2) is 9.97 Å². The van der Waals surface area contributed by atoms with E-state index in [0.717, 1.165) is 38.6 Å². The molecule has 2 fully saturated rings. The Morgan fingerprint density at radius 2 is 1.88 bits per heavy atom. The molecule has 1 unspecified atom stereocenters. The number of hydrogen-bond acceptors (Lipinski definition) is 8. The Labute approximate surface area is 189 Å². The highest BCUT2D eigenvalue weighted by Gasteiger charge is 2.54. The lowest BCUT2D eigenvalue weighted by atomic mass is 9.69. The number of rotatable bonds is 7. The lowest BCUT2D eigenvalue weighted by Crippen LogP contribution is -2.56. The number of nitrogens with one attached hydrogen (secondary N) is 1. The van der Waals surface area contributed by atoms with Crippen molar-refractivity contribution >= 4 is 5.95 Å². The van der Waals surface area contributed by atoms with Gasteiger partial charge in [0, 0.05) is 37.9 Å². The molecule has 1 aromatic heterocycles. The number of methoxy groups -OCH3 is 1. The molecule has 1 spiro atoms. The molecule has 32 heavy (non-hydrogen) atoms. The SMILES string of the molecule is CN[C@]1(c2ccccc2)CC[C@]2(CC1)CN(c1ncc(C#N)cn1)C(O)N2CCCOC. The fourth-order valence-electron chi connectivity index (χ4n) is 5.36. The van der Waals surface area contributed by atoms with Gasteiger partial charge in [-0.2, -0.15) is 5.26 Å². The smallest absolute Gasteiger partial charge is 0.228 e. The second-order valence-electron chi connectivity index (χ2n) is 8.82. The average molecular weight is 437 g/mol. The maximum absolute atomic E-state index is 11.3. The Kier molecular flexibility index (Phi) is 6.72. The molecule has 2 aromatic rings. The molecule has 2 heterocycles. The van der Waals surface area contributed by atoms with E-state index < -0.39 is 6.35 Å². The number of aromatic nitrogens is 2. The lowest BCUT2D eigenvalue weighted by molar-refractivity contribution is -0.0445. The molecule has 0 bridgehead atoms. The van der Waals surface area contributed by atoms with Crippen molar-refractivity contribution in [1.82, 2.24) is 20.2 Å². The predicted molar refractivity (Wildman–Crippen MR) is 122 cm³/mol. The zero-order chi connectivity index (χ0) is 22.6. The highest BCUT2D eigenvalue weighted by atomic mass is 16.5. The van der Waals surface area contributed by atoms with Crippen LogP contribution in [0.1, 0.15) is 43.2 Å². The molecule has 1 saturated carbocycles. The van der Waals surface area contributed by atoms with Gasteiger partial charge >= 0.3 is 0 Å². The van der Waals surface area contributed by atoms with E-state index in [9.17, 15) is 5.11 Å². The van der Waals surface area contributed by atoms with Crippen molar-refractivity contribution < 1.29 is 9.84 Å². The largest absolute Gasteiger partial charge is 0.385 e. The Hall–Kier alpha value is -2.57. The summed E-state index contributed by atoms with van der Waals surface area (Å²) in [7, 11) is 3.75. The number of anilines is 1. The molecular weight excluding hydrogens is 404 g/mol. The molecule has 1 atom stereocenters. The summed E-state index contributed by atoms with van der Waals surface area (Å²) in [6.07, 6.45) is 6.90. The van der Waals surface area contributed by atoms with Gasteiger partial charge in [0.1, 0.15) is 6.07 Å². The van der Waals surface area contributed by atoms with Crippen LogP contribution < -0.4 is 10.2 Å². The Morgan fingerprint density at radius 1 is 1.19 bits per heavy atom. The third-order valence-corrected chi connectivity index (χ3v) is 7.24. The van der Waals surface area contributed by atoms with Gasteiger partial charge in [-0.05, 0) is 44.7 Å². The number of ether oxygens (including phenoxy) is 1. The standard InChI is InChI=1S/C24H32N6O2/c1-26-24(20-7-4-3-5-8-20)11-9-23(10-12-24)18-29(21-27-16-19(15-25)17-28-21)22(31)30(23)13-6-14-32-2/h3-5,7-8,16-17,22,26,31H,6,9-14,18H2,1-2H3/t22?,23-,24+. The van der Waals surface area contributed by atoms with Crippen molar-refractivity contribution in [3.63, 3.8) is 0 Å². The first-order chi connectivity index (χ1) is 15.6. The van der Waals surface area contributed by atoms with Crippen LogP contribution in [0, 0.1) is 11.3 Å². The summed E-state index contributed by atoms with van der Waals surface area (Å²) < 4.78 is 5.27. The maximum atomic E-state index is 11.3. The van der Waals surface area contributed by atoms with Crippen molar-refractivity contribution in [3.8, 4) is 6.07 Å². The second-order valence-corrected chi connectivity index (χ2v) is 8.82. The minimum absolute atomic E-state index is 0.0615. The maximum Gasteiger partial charge on any atom is 0.228 e. The third kappa shape index (κ3) is 4.09. The molecule has 1 aliphatic heterocycles. The first-order valence-corrected chi connectivity index (χ1v) is 11.2. The van der Waals surface area contributed by atoms with Gasteiger partial charge in [-0.3, -0.25) is 4.90 Å². The van der Waals surface area contributed by atoms with Crippen molar-refractivity contribution in [3.05, 3.63) is 53.9 Å². The number of nitrogens with zero attached hydrogens (tertiary/aromatic N) is 5. The molecule has 1 saturated heterocycles. The minimum atomic E-state index is -0.807. The molecule has 8 nitrogen and oxygen atoms in total. The zero-order valence-corrected chi connectivity index (χ0v) is 18.9. The fraction of sp³-hybridized carbons (Fsp3) is 0.542. The second kappa shape index (κ2) is 9.51. The summed E-state index contributed by atoms with van der Waals surface area (Å²) >= 11 is 0. The highest BCUT2D eigenvalue weighted by Crippen LogP contribution is 2.47. The molecule has 0 amide bonds. The van der Waals surface area contributed by atoms with E-state index >= 15 is 0 Å². The first-order valence-electron chi connectivity index (χ1n) is 11.2. The Balaban J connectivity index is 1.59. The van der Waals surface area contributed by atoms with Crippen LogP contribution in [0.5, 0.6) is 0 Å². The molecule has 1 aliphatic carbocycles. The van der Waals surface area contributed by atoms with Crippen molar-refractivity contribution in [2.45, 2.75) is 49.5 Å². The van der Waals surface area contributed by atoms with Gasteiger partial charge in [0.15, 0.2) is 6.35 Å². The van der Waals surface area contributed by atoms with Crippen LogP contribution in [0.4, 0.5) is 5.95 Å². The molecule has 4 rings (SSSR count). The topological polar surface area (TPSA) is 97.5 Å². The number of hydrogen-bond donors (Lipinski definition) is 2. The third-order valence-electron chi connectivity index (χ3n) is 7.24. The molecule has 2 N–H and O–H groups in total. The quantitative estimate of drug-likeness (QED) is 0.638. The summed E-state index contributed by atoms with van der Waals surface area (Å²) in [5.41, 5.74) is 1.50. The van der Waals surface area contributed by atoms with E-state index in [1.165, 1.54) is 18.0 Å². The van der Waals surface area contributed by atoms with Gasteiger partial charge in [0.25, 0.3) is 0 Å². The zero-order valence-electron chi connectivity index (χ0n) is 18.9. The first kappa shape index (κ1) is 22.6. The van der Waals surface area contributed by atoms with Crippen molar-refractivity contribution in [1.29, 1.82) is 5.26 Å². The summed E-state index contributed by atoms with van der Waals surface area (Å²) in [4.78, 5) is 12.8. The van der Waals surface area contributed by atoms with Crippen molar-refractivity contribution in [2.24, 2.45) is 0 Å². The lowest BCUT2D eigenvalue weighted by Gasteiger charge is -2.48. The number of aliphatic hydroxyl groups is 1. The van der Waals surface area contributed by atoms with Crippen LogP contribution in [-0.2, 0) is 10.3 Å².